The highest BCUT2D eigenvalue weighted by Gasteiger charge is 2.25. The minimum absolute atomic E-state index is 0.836. The van der Waals surface area contributed by atoms with Crippen LogP contribution in [0.5, 0.6) is 0 Å². The molecule has 4 nitrogen and oxygen atoms in total. The lowest BCUT2D eigenvalue weighted by atomic mass is 10.0. The number of aryl methyl sites for hydroxylation is 1. The van der Waals surface area contributed by atoms with E-state index >= 15 is 0 Å². The standard InChI is InChI=1S/C14H24N4/c1-5-6-12-7-8-18(9-12)14-10(2)13(15-4)16-11(3)17-14/h12H,5-9H2,1-4H3,(H,15,16,17). The number of anilines is 2. The summed E-state index contributed by atoms with van der Waals surface area (Å²) in [5.41, 5.74) is 1.17. The van der Waals surface area contributed by atoms with Gasteiger partial charge >= 0.3 is 0 Å². The Labute approximate surface area is 110 Å². The number of aromatic nitrogens is 2. The molecule has 18 heavy (non-hydrogen) atoms. The van der Waals surface area contributed by atoms with Crippen LogP contribution >= 0.6 is 0 Å². The predicted octanol–water partition coefficient (Wildman–Crippen LogP) is 2.76. The van der Waals surface area contributed by atoms with E-state index < -0.39 is 0 Å². The van der Waals surface area contributed by atoms with Crippen LogP contribution in [0.3, 0.4) is 0 Å². The van der Waals surface area contributed by atoms with E-state index in [1.54, 1.807) is 0 Å². The van der Waals surface area contributed by atoms with Gasteiger partial charge in [0.25, 0.3) is 0 Å². The first-order chi connectivity index (χ1) is 8.65. The van der Waals surface area contributed by atoms with Gasteiger partial charge in [-0.05, 0) is 32.6 Å². The quantitative estimate of drug-likeness (QED) is 0.889. The summed E-state index contributed by atoms with van der Waals surface area (Å²) in [6.07, 6.45) is 3.91. The fourth-order valence-electron chi connectivity index (χ4n) is 2.83. The van der Waals surface area contributed by atoms with E-state index in [9.17, 15) is 0 Å². The summed E-state index contributed by atoms with van der Waals surface area (Å²) >= 11 is 0. The summed E-state index contributed by atoms with van der Waals surface area (Å²) in [7, 11) is 1.92. The molecule has 0 aliphatic carbocycles. The van der Waals surface area contributed by atoms with Gasteiger partial charge in [-0.3, -0.25) is 0 Å². The van der Waals surface area contributed by atoms with Crippen molar-refractivity contribution in [1.82, 2.24) is 9.97 Å². The molecule has 0 saturated carbocycles. The fourth-order valence-corrected chi connectivity index (χ4v) is 2.83. The van der Waals surface area contributed by atoms with Crippen molar-refractivity contribution in [2.75, 3.05) is 30.4 Å². The van der Waals surface area contributed by atoms with E-state index in [1.165, 1.54) is 24.8 Å². The maximum atomic E-state index is 4.63. The molecule has 1 saturated heterocycles. The van der Waals surface area contributed by atoms with Gasteiger partial charge in [-0.1, -0.05) is 13.3 Å². The van der Waals surface area contributed by atoms with Gasteiger partial charge in [0.05, 0.1) is 0 Å². The molecule has 1 aliphatic rings. The Bertz CT molecular complexity index is 417. The van der Waals surface area contributed by atoms with Crippen LogP contribution < -0.4 is 10.2 Å². The highest BCUT2D eigenvalue weighted by Crippen LogP contribution is 2.29. The van der Waals surface area contributed by atoms with Crippen molar-refractivity contribution in [2.24, 2.45) is 5.92 Å². The molecule has 2 heterocycles. The monoisotopic (exact) mass is 248 g/mol. The van der Waals surface area contributed by atoms with Crippen molar-refractivity contribution in [3.05, 3.63) is 11.4 Å². The zero-order valence-corrected chi connectivity index (χ0v) is 12.0. The van der Waals surface area contributed by atoms with Crippen LogP contribution in [-0.4, -0.2) is 30.1 Å². The molecule has 1 N–H and O–H groups in total. The third-order valence-electron chi connectivity index (χ3n) is 3.75. The van der Waals surface area contributed by atoms with E-state index in [0.29, 0.717) is 0 Å². The molecule has 1 aromatic heterocycles. The highest BCUT2D eigenvalue weighted by atomic mass is 15.2. The summed E-state index contributed by atoms with van der Waals surface area (Å²) in [6.45, 7) is 8.61. The van der Waals surface area contributed by atoms with E-state index in [2.05, 4.69) is 34.0 Å². The van der Waals surface area contributed by atoms with Gasteiger partial charge in [0, 0.05) is 25.7 Å². The number of rotatable bonds is 4. The Morgan fingerprint density at radius 2 is 2.11 bits per heavy atom. The van der Waals surface area contributed by atoms with Crippen molar-refractivity contribution in [2.45, 2.75) is 40.0 Å². The van der Waals surface area contributed by atoms with Crippen LogP contribution in [0.1, 0.15) is 37.6 Å². The summed E-state index contributed by atoms with van der Waals surface area (Å²) in [4.78, 5) is 11.5. The lowest BCUT2D eigenvalue weighted by molar-refractivity contribution is 0.529. The fraction of sp³-hybridized carbons (Fsp3) is 0.714. The third-order valence-corrected chi connectivity index (χ3v) is 3.75. The minimum atomic E-state index is 0.836. The number of nitrogens with one attached hydrogen (secondary N) is 1. The van der Waals surface area contributed by atoms with Crippen LogP contribution in [0, 0.1) is 19.8 Å². The van der Waals surface area contributed by atoms with E-state index in [4.69, 9.17) is 0 Å². The maximum absolute atomic E-state index is 4.63. The SMILES string of the molecule is CCCC1CCN(c2nc(C)nc(NC)c2C)C1. The Kier molecular flexibility index (Phi) is 4.04. The number of hydrogen-bond donors (Lipinski definition) is 1. The Balaban J connectivity index is 2.21. The van der Waals surface area contributed by atoms with Crippen molar-refractivity contribution in [3.63, 3.8) is 0 Å². The van der Waals surface area contributed by atoms with Gasteiger partial charge in [0.1, 0.15) is 17.5 Å². The van der Waals surface area contributed by atoms with Crippen LogP contribution in [0.25, 0.3) is 0 Å². The molecule has 0 spiro atoms. The molecule has 1 fully saturated rings. The van der Waals surface area contributed by atoms with E-state index in [1.807, 2.05) is 14.0 Å². The second kappa shape index (κ2) is 5.55. The largest absolute Gasteiger partial charge is 0.373 e. The van der Waals surface area contributed by atoms with Crippen molar-refractivity contribution in [1.29, 1.82) is 0 Å². The first-order valence-corrected chi connectivity index (χ1v) is 6.93. The maximum Gasteiger partial charge on any atom is 0.137 e. The van der Waals surface area contributed by atoms with Crippen molar-refractivity contribution in [3.8, 4) is 0 Å². The molecule has 0 amide bonds. The number of hydrogen-bond acceptors (Lipinski definition) is 4. The first kappa shape index (κ1) is 13.1. The van der Waals surface area contributed by atoms with E-state index in [-0.39, 0.29) is 0 Å². The zero-order chi connectivity index (χ0) is 13.1. The molecule has 100 valence electrons. The van der Waals surface area contributed by atoms with Gasteiger partial charge in [-0.2, -0.15) is 0 Å². The second-order valence-electron chi connectivity index (χ2n) is 5.21. The van der Waals surface area contributed by atoms with Crippen LogP contribution in [0.2, 0.25) is 0 Å². The lowest BCUT2D eigenvalue weighted by Gasteiger charge is -2.21. The van der Waals surface area contributed by atoms with Crippen LogP contribution in [-0.2, 0) is 0 Å². The van der Waals surface area contributed by atoms with Gasteiger partial charge in [-0.25, -0.2) is 9.97 Å². The average molecular weight is 248 g/mol. The average Bonchev–Trinajstić information content (AvgIpc) is 2.80. The molecule has 2 rings (SSSR count). The van der Waals surface area contributed by atoms with Gasteiger partial charge < -0.3 is 10.2 Å². The van der Waals surface area contributed by atoms with Gasteiger partial charge in [0.2, 0.25) is 0 Å². The summed E-state index contributed by atoms with van der Waals surface area (Å²) in [5, 5.41) is 3.16. The molecule has 4 heteroatoms. The molecule has 1 aromatic rings. The molecule has 1 atom stereocenters. The Morgan fingerprint density at radius 3 is 2.78 bits per heavy atom. The van der Waals surface area contributed by atoms with Crippen LogP contribution in [0.15, 0.2) is 0 Å². The predicted molar refractivity (Wildman–Crippen MR) is 76.3 cm³/mol. The highest BCUT2D eigenvalue weighted by molar-refractivity contribution is 5.58. The molecule has 0 radical (unpaired) electrons. The molecule has 1 aliphatic heterocycles. The van der Waals surface area contributed by atoms with Crippen molar-refractivity contribution < 1.29 is 0 Å². The molecule has 1 unspecified atom stereocenters. The third kappa shape index (κ3) is 2.57. The minimum Gasteiger partial charge on any atom is -0.373 e. The molecule has 0 bridgehead atoms. The zero-order valence-electron chi connectivity index (χ0n) is 12.0. The molecule has 0 aromatic carbocycles. The van der Waals surface area contributed by atoms with Crippen molar-refractivity contribution >= 4 is 11.6 Å². The van der Waals surface area contributed by atoms with Crippen LogP contribution in [0.4, 0.5) is 11.6 Å². The first-order valence-electron chi connectivity index (χ1n) is 6.93. The Hall–Kier alpha value is -1.32. The Morgan fingerprint density at radius 1 is 1.33 bits per heavy atom. The summed E-state index contributed by atoms with van der Waals surface area (Å²) in [6, 6.07) is 0. The normalized spacial score (nSPS) is 19.3. The van der Waals surface area contributed by atoms with Gasteiger partial charge in [0.15, 0.2) is 0 Å². The summed E-state index contributed by atoms with van der Waals surface area (Å²) < 4.78 is 0. The smallest absolute Gasteiger partial charge is 0.137 e. The second-order valence-corrected chi connectivity index (χ2v) is 5.21. The summed E-state index contributed by atoms with van der Waals surface area (Å²) in [5.74, 6) is 3.75. The number of nitrogens with zero attached hydrogens (tertiary/aromatic N) is 3. The van der Waals surface area contributed by atoms with E-state index in [0.717, 1.165) is 36.5 Å². The topological polar surface area (TPSA) is 41.1 Å². The molecular formula is C14H24N4. The molecular weight excluding hydrogens is 224 g/mol. The van der Waals surface area contributed by atoms with Gasteiger partial charge in [-0.15, -0.1) is 0 Å². The lowest BCUT2D eigenvalue weighted by Crippen LogP contribution is -2.23.